The van der Waals surface area contributed by atoms with E-state index in [9.17, 15) is 4.79 Å². The van der Waals surface area contributed by atoms with Crippen LogP contribution < -0.4 is 10.1 Å². The number of thioether (sulfide) groups is 1. The molecule has 0 aliphatic rings. The zero-order chi connectivity index (χ0) is 24.2. The van der Waals surface area contributed by atoms with Gasteiger partial charge in [0.25, 0.3) is 0 Å². The fourth-order valence-electron chi connectivity index (χ4n) is 3.75. The number of carbonyl (C=O) groups excluding carboxylic acids is 1. The van der Waals surface area contributed by atoms with Crippen molar-refractivity contribution in [2.45, 2.75) is 18.6 Å². The van der Waals surface area contributed by atoms with Crippen LogP contribution in [0.1, 0.15) is 11.5 Å². The molecule has 0 aliphatic heterocycles. The average Bonchev–Trinajstić information content (AvgIpc) is 3.44. The van der Waals surface area contributed by atoms with Crippen LogP contribution in [0, 0.1) is 6.92 Å². The SMILES string of the molecule is COc1ccc(NC(=O)CSc2nc3ccccc3n2Cc2nc(-c3ccccc3)oc2C)cc1. The Morgan fingerprint density at radius 1 is 1.00 bits per heavy atom. The van der Waals surface area contributed by atoms with Crippen molar-refractivity contribution in [1.82, 2.24) is 14.5 Å². The molecule has 0 saturated carbocycles. The van der Waals surface area contributed by atoms with Crippen molar-refractivity contribution in [3.63, 3.8) is 0 Å². The molecule has 3 aromatic carbocycles. The van der Waals surface area contributed by atoms with Crippen molar-refractivity contribution >= 4 is 34.4 Å². The molecule has 1 N–H and O–H groups in total. The van der Waals surface area contributed by atoms with Gasteiger partial charge in [-0.2, -0.15) is 0 Å². The van der Waals surface area contributed by atoms with E-state index in [4.69, 9.17) is 19.1 Å². The first kappa shape index (κ1) is 22.7. The van der Waals surface area contributed by atoms with Gasteiger partial charge in [0.05, 0.1) is 30.4 Å². The number of aryl methyl sites for hydroxylation is 1. The van der Waals surface area contributed by atoms with Crippen molar-refractivity contribution in [3.8, 4) is 17.2 Å². The van der Waals surface area contributed by atoms with Crippen molar-refractivity contribution in [3.05, 3.63) is 90.3 Å². The number of para-hydroxylation sites is 2. The van der Waals surface area contributed by atoms with Crippen LogP contribution in [0.25, 0.3) is 22.5 Å². The number of amides is 1. The molecule has 0 aliphatic carbocycles. The Kier molecular flexibility index (Phi) is 6.54. The van der Waals surface area contributed by atoms with Crippen LogP contribution in [-0.2, 0) is 11.3 Å². The number of hydrogen-bond donors (Lipinski definition) is 1. The van der Waals surface area contributed by atoms with E-state index in [1.165, 1.54) is 11.8 Å². The predicted molar refractivity (Wildman–Crippen MR) is 138 cm³/mol. The standard InChI is InChI=1S/C27H24N4O3S/c1-18-23(29-26(34-18)19-8-4-3-5-9-19)16-31-24-11-7-6-10-22(24)30-27(31)35-17-25(32)28-20-12-14-21(33-2)15-13-20/h3-15H,16-17H2,1-2H3,(H,28,32). The fourth-order valence-corrected chi connectivity index (χ4v) is 4.56. The van der Waals surface area contributed by atoms with Crippen molar-refractivity contribution in [2.24, 2.45) is 0 Å². The molecule has 0 bridgehead atoms. The summed E-state index contributed by atoms with van der Waals surface area (Å²) in [6, 6.07) is 25.0. The lowest BCUT2D eigenvalue weighted by Crippen LogP contribution is -2.14. The van der Waals surface area contributed by atoms with Gasteiger partial charge in [0.1, 0.15) is 17.2 Å². The average molecular weight is 485 g/mol. The first-order valence-corrected chi connectivity index (χ1v) is 12.1. The molecule has 0 radical (unpaired) electrons. The molecule has 35 heavy (non-hydrogen) atoms. The number of fused-ring (bicyclic) bond motifs is 1. The maximum atomic E-state index is 12.6. The molecule has 0 spiro atoms. The van der Waals surface area contributed by atoms with Gasteiger partial charge in [-0.25, -0.2) is 9.97 Å². The van der Waals surface area contributed by atoms with Crippen molar-refractivity contribution in [2.75, 3.05) is 18.2 Å². The van der Waals surface area contributed by atoms with Gasteiger partial charge in [-0.1, -0.05) is 42.1 Å². The number of methoxy groups -OCH3 is 1. The lowest BCUT2D eigenvalue weighted by atomic mass is 10.2. The summed E-state index contributed by atoms with van der Waals surface area (Å²) in [5.41, 5.74) is 4.33. The molecule has 0 unspecified atom stereocenters. The third-order valence-electron chi connectivity index (χ3n) is 5.55. The third kappa shape index (κ3) is 5.07. The van der Waals surface area contributed by atoms with E-state index < -0.39 is 0 Å². The molecule has 1 amide bonds. The van der Waals surface area contributed by atoms with Crippen LogP contribution in [0.4, 0.5) is 5.69 Å². The highest BCUT2D eigenvalue weighted by atomic mass is 32.2. The summed E-state index contributed by atoms with van der Waals surface area (Å²) in [5, 5.41) is 3.67. The summed E-state index contributed by atoms with van der Waals surface area (Å²) < 4.78 is 13.2. The second-order valence-electron chi connectivity index (χ2n) is 7.92. The number of oxazole rings is 1. The fraction of sp³-hybridized carbons (Fsp3) is 0.148. The quantitative estimate of drug-likeness (QED) is 0.281. The number of ether oxygens (including phenoxy) is 1. The molecule has 0 atom stereocenters. The summed E-state index contributed by atoms with van der Waals surface area (Å²) in [6.45, 7) is 2.41. The van der Waals surface area contributed by atoms with E-state index in [1.54, 1.807) is 7.11 Å². The highest BCUT2D eigenvalue weighted by molar-refractivity contribution is 7.99. The Morgan fingerprint density at radius 2 is 1.74 bits per heavy atom. The Bertz CT molecular complexity index is 1460. The molecule has 8 heteroatoms. The van der Waals surface area contributed by atoms with Gasteiger partial charge < -0.3 is 19.0 Å². The van der Waals surface area contributed by atoms with E-state index in [2.05, 4.69) is 9.88 Å². The minimum Gasteiger partial charge on any atom is -0.497 e. The van der Waals surface area contributed by atoms with E-state index in [0.29, 0.717) is 12.4 Å². The molecule has 7 nitrogen and oxygen atoms in total. The highest BCUT2D eigenvalue weighted by Gasteiger charge is 2.17. The van der Waals surface area contributed by atoms with Crippen LogP contribution in [0.3, 0.4) is 0 Å². The normalized spacial score (nSPS) is 11.0. The van der Waals surface area contributed by atoms with E-state index >= 15 is 0 Å². The highest BCUT2D eigenvalue weighted by Crippen LogP contribution is 2.28. The van der Waals surface area contributed by atoms with Crippen molar-refractivity contribution in [1.29, 1.82) is 0 Å². The third-order valence-corrected chi connectivity index (χ3v) is 6.52. The Balaban J connectivity index is 1.36. The smallest absolute Gasteiger partial charge is 0.234 e. The maximum Gasteiger partial charge on any atom is 0.234 e. The van der Waals surface area contributed by atoms with Crippen LogP contribution in [0.5, 0.6) is 5.75 Å². The number of nitrogens with one attached hydrogen (secondary N) is 1. The molecule has 5 rings (SSSR count). The topological polar surface area (TPSA) is 82.2 Å². The molecule has 2 aromatic heterocycles. The number of anilines is 1. The van der Waals surface area contributed by atoms with Crippen LogP contribution in [0.2, 0.25) is 0 Å². The number of benzene rings is 3. The zero-order valence-electron chi connectivity index (χ0n) is 19.4. The molecule has 2 heterocycles. The number of hydrogen-bond acceptors (Lipinski definition) is 6. The number of rotatable bonds is 8. The minimum absolute atomic E-state index is 0.109. The molecule has 176 valence electrons. The summed E-state index contributed by atoms with van der Waals surface area (Å²) in [5.74, 6) is 2.21. The Hall–Kier alpha value is -4.04. The molecule has 5 aromatic rings. The number of aromatic nitrogens is 3. The largest absolute Gasteiger partial charge is 0.497 e. The summed E-state index contributed by atoms with van der Waals surface area (Å²) in [4.78, 5) is 22.1. The van der Waals surface area contributed by atoms with Gasteiger partial charge in [-0.15, -0.1) is 0 Å². The van der Waals surface area contributed by atoms with E-state index in [0.717, 1.165) is 44.6 Å². The number of imidazole rings is 1. The van der Waals surface area contributed by atoms with Gasteiger partial charge in [-0.05, 0) is 55.5 Å². The Morgan fingerprint density at radius 3 is 2.51 bits per heavy atom. The van der Waals surface area contributed by atoms with Gasteiger partial charge in [0, 0.05) is 11.3 Å². The van der Waals surface area contributed by atoms with Crippen LogP contribution >= 0.6 is 11.8 Å². The van der Waals surface area contributed by atoms with E-state index in [-0.39, 0.29) is 11.7 Å². The number of nitrogens with zero attached hydrogens (tertiary/aromatic N) is 3. The first-order chi connectivity index (χ1) is 17.1. The van der Waals surface area contributed by atoms with Crippen LogP contribution in [0.15, 0.2) is 88.4 Å². The van der Waals surface area contributed by atoms with Gasteiger partial charge >= 0.3 is 0 Å². The van der Waals surface area contributed by atoms with Crippen LogP contribution in [-0.4, -0.2) is 33.3 Å². The molecule has 0 fully saturated rings. The van der Waals surface area contributed by atoms with E-state index in [1.807, 2.05) is 85.8 Å². The summed E-state index contributed by atoms with van der Waals surface area (Å²) in [6.07, 6.45) is 0. The van der Waals surface area contributed by atoms with Gasteiger partial charge in [0.2, 0.25) is 11.8 Å². The lowest BCUT2D eigenvalue weighted by molar-refractivity contribution is -0.113. The second-order valence-corrected chi connectivity index (χ2v) is 8.87. The summed E-state index contributed by atoms with van der Waals surface area (Å²) in [7, 11) is 1.61. The lowest BCUT2D eigenvalue weighted by Gasteiger charge is -2.09. The van der Waals surface area contributed by atoms with Gasteiger partial charge in [-0.3, -0.25) is 4.79 Å². The predicted octanol–water partition coefficient (Wildman–Crippen LogP) is 5.79. The van der Waals surface area contributed by atoms with Gasteiger partial charge in [0.15, 0.2) is 5.16 Å². The van der Waals surface area contributed by atoms with Crippen molar-refractivity contribution < 1.29 is 13.9 Å². The summed E-state index contributed by atoms with van der Waals surface area (Å²) >= 11 is 1.39. The second kappa shape index (κ2) is 10.1. The minimum atomic E-state index is -0.109. The molecular formula is C27H24N4O3S. The zero-order valence-corrected chi connectivity index (χ0v) is 20.2. The number of carbonyl (C=O) groups is 1. The Labute approximate surface area is 207 Å². The monoisotopic (exact) mass is 484 g/mol. The molecule has 0 saturated heterocycles. The molecular weight excluding hydrogens is 460 g/mol. The maximum absolute atomic E-state index is 12.6. The first-order valence-electron chi connectivity index (χ1n) is 11.1.